The second-order valence-corrected chi connectivity index (χ2v) is 5.17. The lowest BCUT2D eigenvalue weighted by molar-refractivity contribution is -0.121. The number of carbonyl (C=O) groups is 1. The lowest BCUT2D eigenvalue weighted by atomic mass is 10.1. The van der Waals surface area contributed by atoms with E-state index >= 15 is 0 Å². The molecule has 0 aromatic rings. The molecule has 0 rings (SSSR count). The zero-order valence-electron chi connectivity index (χ0n) is 10.8. The zero-order valence-corrected chi connectivity index (χ0v) is 10.8. The first-order chi connectivity index (χ1) is 7.02. The first-order valence-electron chi connectivity index (χ1n) is 6.29. The molecule has 2 heteroatoms. The smallest absolute Gasteiger partial charge is 0.219 e. The van der Waals surface area contributed by atoms with Crippen molar-refractivity contribution < 1.29 is 4.79 Å². The Morgan fingerprint density at radius 1 is 1.00 bits per heavy atom. The van der Waals surface area contributed by atoms with Crippen LogP contribution in [0.3, 0.4) is 0 Å². The van der Waals surface area contributed by atoms with Gasteiger partial charge < -0.3 is 5.32 Å². The average molecular weight is 213 g/mol. The van der Waals surface area contributed by atoms with Gasteiger partial charge in [0.15, 0.2) is 0 Å². The summed E-state index contributed by atoms with van der Waals surface area (Å²) in [6, 6.07) is 0. The molecule has 0 radical (unpaired) electrons. The van der Waals surface area contributed by atoms with Crippen molar-refractivity contribution in [3.05, 3.63) is 0 Å². The van der Waals surface area contributed by atoms with Crippen molar-refractivity contribution in [3.8, 4) is 0 Å². The molecule has 15 heavy (non-hydrogen) atoms. The second kappa shape index (κ2) is 8.75. The molecule has 0 bridgehead atoms. The molecule has 0 saturated carbocycles. The Morgan fingerprint density at radius 3 is 2.07 bits per heavy atom. The number of amides is 1. The number of carbonyl (C=O) groups excluding carboxylic acids is 1. The van der Waals surface area contributed by atoms with E-state index in [1.807, 2.05) is 0 Å². The first kappa shape index (κ1) is 14.5. The van der Waals surface area contributed by atoms with E-state index in [0.717, 1.165) is 31.7 Å². The third kappa shape index (κ3) is 11.4. The molecule has 0 aliphatic rings. The standard InChI is InChI=1S/C13H27NO/c1-11(2)7-5-9-13(15)14-10-6-8-12(3)4/h11-12H,5-10H2,1-4H3,(H,14,15). The predicted molar refractivity (Wildman–Crippen MR) is 65.8 cm³/mol. The highest BCUT2D eigenvalue weighted by molar-refractivity contribution is 5.75. The van der Waals surface area contributed by atoms with Crippen LogP contribution >= 0.6 is 0 Å². The van der Waals surface area contributed by atoms with E-state index in [2.05, 4.69) is 33.0 Å². The molecule has 0 spiro atoms. The third-order valence-electron chi connectivity index (χ3n) is 2.47. The molecule has 0 aliphatic carbocycles. The quantitative estimate of drug-likeness (QED) is 0.615. The summed E-state index contributed by atoms with van der Waals surface area (Å²) in [4.78, 5) is 11.4. The predicted octanol–water partition coefficient (Wildman–Crippen LogP) is 3.37. The molecule has 0 aromatic carbocycles. The van der Waals surface area contributed by atoms with Crippen LogP contribution in [-0.4, -0.2) is 12.5 Å². The number of hydrogen-bond acceptors (Lipinski definition) is 1. The summed E-state index contributed by atoms with van der Waals surface area (Å²) in [5.74, 6) is 1.67. The van der Waals surface area contributed by atoms with E-state index < -0.39 is 0 Å². The van der Waals surface area contributed by atoms with E-state index in [1.54, 1.807) is 0 Å². The average Bonchev–Trinajstić information content (AvgIpc) is 2.11. The van der Waals surface area contributed by atoms with E-state index in [4.69, 9.17) is 0 Å². The highest BCUT2D eigenvalue weighted by atomic mass is 16.1. The molecular formula is C13H27NO. The minimum Gasteiger partial charge on any atom is -0.356 e. The number of nitrogens with one attached hydrogen (secondary N) is 1. The van der Waals surface area contributed by atoms with Crippen LogP contribution in [0.15, 0.2) is 0 Å². The molecule has 0 unspecified atom stereocenters. The SMILES string of the molecule is CC(C)CCCNC(=O)CCCC(C)C. The maximum Gasteiger partial charge on any atom is 0.219 e. The third-order valence-corrected chi connectivity index (χ3v) is 2.47. The molecule has 0 aromatic heterocycles. The summed E-state index contributed by atoms with van der Waals surface area (Å²) in [6.07, 6.45) is 5.17. The molecule has 90 valence electrons. The summed E-state index contributed by atoms with van der Waals surface area (Å²) in [5.41, 5.74) is 0. The summed E-state index contributed by atoms with van der Waals surface area (Å²) in [6.45, 7) is 9.66. The second-order valence-electron chi connectivity index (χ2n) is 5.17. The van der Waals surface area contributed by atoms with Gasteiger partial charge >= 0.3 is 0 Å². The van der Waals surface area contributed by atoms with Crippen molar-refractivity contribution in [1.29, 1.82) is 0 Å². The number of hydrogen-bond donors (Lipinski definition) is 1. The molecule has 0 heterocycles. The summed E-state index contributed by atoms with van der Waals surface area (Å²) >= 11 is 0. The van der Waals surface area contributed by atoms with Gasteiger partial charge in [0, 0.05) is 13.0 Å². The molecule has 0 saturated heterocycles. The Balaban J connectivity index is 3.26. The molecule has 1 N–H and O–H groups in total. The maximum atomic E-state index is 11.4. The lowest BCUT2D eigenvalue weighted by Crippen LogP contribution is -2.24. The van der Waals surface area contributed by atoms with Crippen LogP contribution in [0, 0.1) is 11.8 Å². The fourth-order valence-electron chi connectivity index (χ4n) is 1.50. The van der Waals surface area contributed by atoms with Gasteiger partial charge in [0.2, 0.25) is 5.91 Å². The van der Waals surface area contributed by atoms with Crippen LogP contribution in [0.4, 0.5) is 0 Å². The Bertz CT molecular complexity index is 164. The summed E-state index contributed by atoms with van der Waals surface area (Å²) < 4.78 is 0. The monoisotopic (exact) mass is 213 g/mol. The van der Waals surface area contributed by atoms with Gasteiger partial charge in [-0.3, -0.25) is 4.79 Å². The molecule has 0 fully saturated rings. The first-order valence-corrected chi connectivity index (χ1v) is 6.29. The van der Waals surface area contributed by atoms with Crippen molar-refractivity contribution in [3.63, 3.8) is 0 Å². The Morgan fingerprint density at radius 2 is 1.53 bits per heavy atom. The van der Waals surface area contributed by atoms with Crippen molar-refractivity contribution in [2.45, 2.75) is 59.8 Å². The van der Waals surface area contributed by atoms with E-state index in [-0.39, 0.29) is 5.91 Å². The van der Waals surface area contributed by atoms with Gasteiger partial charge in [0.05, 0.1) is 0 Å². The van der Waals surface area contributed by atoms with Crippen LogP contribution in [0.1, 0.15) is 59.8 Å². The highest BCUT2D eigenvalue weighted by Crippen LogP contribution is 2.06. The van der Waals surface area contributed by atoms with E-state index in [1.165, 1.54) is 6.42 Å². The zero-order chi connectivity index (χ0) is 11.7. The van der Waals surface area contributed by atoms with Crippen LogP contribution in [0.2, 0.25) is 0 Å². The molecule has 0 aliphatic heterocycles. The normalized spacial score (nSPS) is 11.1. The van der Waals surface area contributed by atoms with Crippen LogP contribution in [0.25, 0.3) is 0 Å². The van der Waals surface area contributed by atoms with Crippen molar-refractivity contribution in [2.75, 3.05) is 6.54 Å². The highest BCUT2D eigenvalue weighted by Gasteiger charge is 2.02. The van der Waals surface area contributed by atoms with Crippen LogP contribution in [0.5, 0.6) is 0 Å². The van der Waals surface area contributed by atoms with Gasteiger partial charge in [-0.15, -0.1) is 0 Å². The Hall–Kier alpha value is -0.530. The van der Waals surface area contributed by atoms with Crippen molar-refractivity contribution in [2.24, 2.45) is 11.8 Å². The van der Waals surface area contributed by atoms with Gasteiger partial charge in [-0.05, 0) is 31.1 Å². The minimum absolute atomic E-state index is 0.222. The molecule has 1 amide bonds. The molecule has 0 atom stereocenters. The van der Waals surface area contributed by atoms with Crippen molar-refractivity contribution in [1.82, 2.24) is 5.32 Å². The van der Waals surface area contributed by atoms with Gasteiger partial charge in [0.25, 0.3) is 0 Å². The van der Waals surface area contributed by atoms with E-state index in [9.17, 15) is 4.79 Å². The van der Waals surface area contributed by atoms with Gasteiger partial charge in [0.1, 0.15) is 0 Å². The van der Waals surface area contributed by atoms with Crippen molar-refractivity contribution >= 4 is 5.91 Å². The van der Waals surface area contributed by atoms with Gasteiger partial charge in [-0.25, -0.2) is 0 Å². The Kier molecular flexibility index (Phi) is 8.44. The molecule has 2 nitrogen and oxygen atoms in total. The Labute approximate surface area is 94.8 Å². The largest absolute Gasteiger partial charge is 0.356 e. The summed E-state index contributed by atoms with van der Waals surface area (Å²) in [7, 11) is 0. The van der Waals surface area contributed by atoms with Gasteiger partial charge in [-0.2, -0.15) is 0 Å². The fourth-order valence-corrected chi connectivity index (χ4v) is 1.50. The lowest BCUT2D eigenvalue weighted by Gasteiger charge is -2.07. The summed E-state index contributed by atoms with van der Waals surface area (Å²) in [5, 5.41) is 2.97. The minimum atomic E-state index is 0.222. The molecular weight excluding hydrogens is 186 g/mol. The van der Waals surface area contributed by atoms with E-state index in [0.29, 0.717) is 12.3 Å². The topological polar surface area (TPSA) is 29.1 Å². The van der Waals surface area contributed by atoms with Gasteiger partial charge in [-0.1, -0.05) is 34.1 Å². The fraction of sp³-hybridized carbons (Fsp3) is 0.923. The van der Waals surface area contributed by atoms with Crippen LogP contribution < -0.4 is 5.32 Å². The number of rotatable bonds is 8. The van der Waals surface area contributed by atoms with Crippen LogP contribution in [-0.2, 0) is 4.79 Å². The maximum absolute atomic E-state index is 11.4.